The minimum Gasteiger partial charge on any atom is -0.508 e. The van der Waals surface area contributed by atoms with Crippen molar-refractivity contribution in [2.45, 2.75) is 20.0 Å². The Morgan fingerprint density at radius 2 is 1.92 bits per heavy atom. The highest BCUT2D eigenvalue weighted by atomic mass is 16.5. The third kappa shape index (κ3) is 2.78. The number of phenols is 1. The molecule has 70 valence electrons. The van der Waals surface area contributed by atoms with E-state index in [2.05, 4.69) is 0 Å². The van der Waals surface area contributed by atoms with Crippen LogP contribution in [0.4, 0.5) is 0 Å². The Kier molecular flexibility index (Phi) is 2.90. The van der Waals surface area contributed by atoms with Crippen LogP contribution in [0.1, 0.15) is 25.5 Å². The Labute approximate surface area is 77.0 Å². The lowest BCUT2D eigenvalue weighted by atomic mass is 10.1. The molecule has 0 aliphatic rings. The fraction of sp³-hybridized carbons (Fsp3) is 0.300. The summed E-state index contributed by atoms with van der Waals surface area (Å²) in [6, 6.07) is 6.58. The highest BCUT2D eigenvalue weighted by Gasteiger charge is 2.07. The molecule has 0 fully saturated rings. The summed E-state index contributed by atoms with van der Waals surface area (Å²) in [6.07, 6.45) is -0.266. The van der Waals surface area contributed by atoms with Crippen molar-refractivity contribution in [1.29, 1.82) is 0 Å². The zero-order valence-corrected chi connectivity index (χ0v) is 7.65. The number of hydrogen-bond donors (Lipinski definition) is 1. The predicted molar refractivity (Wildman–Crippen MR) is 48.3 cm³/mol. The number of carbonyl (C=O) groups excluding carboxylic acids is 1. The number of aromatic hydroxyl groups is 1. The minimum absolute atomic E-state index is 0.207. The Morgan fingerprint density at radius 1 is 1.38 bits per heavy atom. The van der Waals surface area contributed by atoms with Crippen molar-refractivity contribution in [2.75, 3.05) is 0 Å². The van der Waals surface area contributed by atoms with Gasteiger partial charge in [-0.2, -0.15) is 0 Å². The summed E-state index contributed by atoms with van der Waals surface area (Å²) in [5.41, 5.74) is 0.869. The molecule has 0 aliphatic heterocycles. The molecule has 0 bridgehead atoms. The molecule has 0 radical (unpaired) electrons. The van der Waals surface area contributed by atoms with Gasteiger partial charge in [0.25, 0.3) is 0 Å². The van der Waals surface area contributed by atoms with Crippen LogP contribution in [0.2, 0.25) is 0 Å². The summed E-state index contributed by atoms with van der Waals surface area (Å²) < 4.78 is 4.96. The Balaban J connectivity index is 2.71. The Bertz CT molecular complexity index is 290. The van der Waals surface area contributed by atoms with Crippen molar-refractivity contribution < 1.29 is 14.6 Å². The molecule has 3 heteroatoms. The molecular formula is C10H12O3. The first kappa shape index (κ1) is 9.58. The van der Waals surface area contributed by atoms with Crippen molar-refractivity contribution in [3.8, 4) is 5.75 Å². The number of phenolic OH excluding ortho intramolecular Hbond substituents is 1. The van der Waals surface area contributed by atoms with Crippen molar-refractivity contribution in [1.82, 2.24) is 0 Å². The number of hydrogen-bond acceptors (Lipinski definition) is 3. The van der Waals surface area contributed by atoms with E-state index in [0.717, 1.165) is 5.56 Å². The van der Waals surface area contributed by atoms with Crippen LogP contribution in [0.15, 0.2) is 24.3 Å². The van der Waals surface area contributed by atoms with E-state index in [1.54, 1.807) is 31.2 Å². The molecule has 0 saturated heterocycles. The molecule has 0 saturated carbocycles. The van der Waals surface area contributed by atoms with E-state index in [-0.39, 0.29) is 17.8 Å². The average Bonchev–Trinajstić information content (AvgIpc) is 2.04. The summed E-state index contributed by atoms with van der Waals surface area (Å²) >= 11 is 0. The van der Waals surface area contributed by atoms with Crippen molar-refractivity contribution in [3.63, 3.8) is 0 Å². The van der Waals surface area contributed by atoms with Gasteiger partial charge in [-0.15, -0.1) is 0 Å². The maximum Gasteiger partial charge on any atom is 0.303 e. The van der Waals surface area contributed by atoms with Gasteiger partial charge < -0.3 is 9.84 Å². The molecule has 1 N–H and O–H groups in total. The van der Waals surface area contributed by atoms with Gasteiger partial charge >= 0.3 is 5.97 Å². The minimum atomic E-state index is -0.305. The first-order valence-electron chi connectivity index (χ1n) is 4.05. The molecule has 0 amide bonds. The summed E-state index contributed by atoms with van der Waals surface area (Å²) in [5, 5.41) is 9.01. The second-order valence-corrected chi connectivity index (χ2v) is 2.84. The zero-order valence-electron chi connectivity index (χ0n) is 7.65. The lowest BCUT2D eigenvalue weighted by molar-refractivity contribution is -0.145. The van der Waals surface area contributed by atoms with Crippen molar-refractivity contribution in [3.05, 3.63) is 29.8 Å². The van der Waals surface area contributed by atoms with Gasteiger partial charge in [-0.1, -0.05) is 12.1 Å². The standard InChI is InChI=1S/C10H12O3/c1-7(13-8(2)11)9-3-5-10(12)6-4-9/h3-7,12H,1-2H3/t7-/m1/s1. The van der Waals surface area contributed by atoms with Crippen LogP contribution in [-0.2, 0) is 9.53 Å². The van der Waals surface area contributed by atoms with E-state index < -0.39 is 0 Å². The topological polar surface area (TPSA) is 46.5 Å². The van der Waals surface area contributed by atoms with E-state index in [0.29, 0.717) is 0 Å². The molecule has 1 rings (SSSR count). The van der Waals surface area contributed by atoms with Crippen LogP contribution in [0, 0.1) is 0 Å². The zero-order chi connectivity index (χ0) is 9.84. The lowest BCUT2D eigenvalue weighted by Gasteiger charge is -2.11. The van der Waals surface area contributed by atoms with Gasteiger partial charge in [-0.25, -0.2) is 0 Å². The second kappa shape index (κ2) is 3.94. The van der Waals surface area contributed by atoms with Gasteiger partial charge in [0.15, 0.2) is 0 Å². The largest absolute Gasteiger partial charge is 0.508 e. The molecule has 1 aromatic rings. The maximum absolute atomic E-state index is 10.6. The molecule has 0 spiro atoms. The molecule has 0 unspecified atom stereocenters. The van der Waals surface area contributed by atoms with Gasteiger partial charge in [0.05, 0.1) is 0 Å². The fourth-order valence-corrected chi connectivity index (χ4v) is 1.06. The third-order valence-electron chi connectivity index (χ3n) is 1.71. The van der Waals surface area contributed by atoms with Gasteiger partial charge in [-0.05, 0) is 24.6 Å². The van der Waals surface area contributed by atoms with Crippen LogP contribution in [-0.4, -0.2) is 11.1 Å². The molecule has 0 aliphatic carbocycles. The van der Waals surface area contributed by atoms with E-state index in [1.807, 2.05) is 0 Å². The van der Waals surface area contributed by atoms with E-state index in [9.17, 15) is 4.79 Å². The molecule has 1 aromatic carbocycles. The SMILES string of the molecule is CC(=O)O[C@H](C)c1ccc(O)cc1. The fourth-order valence-electron chi connectivity index (χ4n) is 1.06. The molecule has 1 atom stereocenters. The normalized spacial score (nSPS) is 12.2. The number of ether oxygens (including phenoxy) is 1. The van der Waals surface area contributed by atoms with E-state index >= 15 is 0 Å². The summed E-state index contributed by atoms with van der Waals surface area (Å²) in [7, 11) is 0. The smallest absolute Gasteiger partial charge is 0.303 e. The first-order valence-corrected chi connectivity index (χ1v) is 4.05. The number of benzene rings is 1. The second-order valence-electron chi connectivity index (χ2n) is 2.84. The number of esters is 1. The summed E-state index contributed by atoms with van der Waals surface area (Å²) in [6.45, 7) is 3.16. The average molecular weight is 180 g/mol. The molecule has 3 nitrogen and oxygen atoms in total. The predicted octanol–water partition coefficient (Wildman–Crippen LogP) is 2.02. The van der Waals surface area contributed by atoms with Crippen LogP contribution in [0.3, 0.4) is 0 Å². The molecule has 13 heavy (non-hydrogen) atoms. The van der Waals surface area contributed by atoms with Gasteiger partial charge in [-0.3, -0.25) is 4.79 Å². The first-order chi connectivity index (χ1) is 6.09. The highest BCUT2D eigenvalue weighted by Crippen LogP contribution is 2.19. The van der Waals surface area contributed by atoms with Gasteiger partial charge in [0, 0.05) is 6.92 Å². The van der Waals surface area contributed by atoms with Crippen molar-refractivity contribution >= 4 is 5.97 Å². The van der Waals surface area contributed by atoms with E-state index in [1.165, 1.54) is 6.92 Å². The number of carbonyl (C=O) groups is 1. The molecule has 0 aromatic heterocycles. The Hall–Kier alpha value is -1.51. The quantitative estimate of drug-likeness (QED) is 0.708. The third-order valence-corrected chi connectivity index (χ3v) is 1.71. The van der Waals surface area contributed by atoms with E-state index in [4.69, 9.17) is 9.84 Å². The lowest BCUT2D eigenvalue weighted by Crippen LogP contribution is -2.04. The molecular weight excluding hydrogens is 168 g/mol. The van der Waals surface area contributed by atoms with Crippen LogP contribution in [0.5, 0.6) is 5.75 Å². The highest BCUT2D eigenvalue weighted by molar-refractivity contribution is 5.66. The van der Waals surface area contributed by atoms with Gasteiger partial charge in [0.2, 0.25) is 0 Å². The Morgan fingerprint density at radius 3 is 2.38 bits per heavy atom. The van der Waals surface area contributed by atoms with Crippen LogP contribution < -0.4 is 0 Å². The summed E-state index contributed by atoms with van der Waals surface area (Å²) in [5.74, 6) is -0.0978. The van der Waals surface area contributed by atoms with Crippen molar-refractivity contribution in [2.24, 2.45) is 0 Å². The number of rotatable bonds is 2. The maximum atomic E-state index is 10.6. The summed E-state index contributed by atoms with van der Waals surface area (Å²) in [4.78, 5) is 10.6. The van der Waals surface area contributed by atoms with Crippen LogP contribution in [0.25, 0.3) is 0 Å². The monoisotopic (exact) mass is 180 g/mol. The van der Waals surface area contributed by atoms with Crippen LogP contribution >= 0.6 is 0 Å². The molecule has 0 heterocycles. The van der Waals surface area contributed by atoms with Gasteiger partial charge in [0.1, 0.15) is 11.9 Å².